The van der Waals surface area contributed by atoms with Crippen LogP contribution in [0.1, 0.15) is 24.0 Å². The molecule has 2 N–H and O–H groups in total. The van der Waals surface area contributed by atoms with E-state index in [2.05, 4.69) is 10.3 Å². The Hall–Kier alpha value is -2.59. The van der Waals surface area contributed by atoms with Crippen molar-refractivity contribution in [3.05, 3.63) is 81.1 Å². The Kier molecular flexibility index (Phi) is 6.08. The summed E-state index contributed by atoms with van der Waals surface area (Å²) in [6.07, 6.45) is 2.47. The topological polar surface area (TPSA) is 62.0 Å². The summed E-state index contributed by atoms with van der Waals surface area (Å²) in [5.41, 5.74) is 2.46. The number of hydrogen-bond donors (Lipinski definition) is 2. The summed E-state index contributed by atoms with van der Waals surface area (Å²) in [5, 5.41) is 4.62. The van der Waals surface area contributed by atoms with Crippen molar-refractivity contribution in [1.29, 1.82) is 0 Å². The van der Waals surface area contributed by atoms with Gasteiger partial charge in [-0.1, -0.05) is 48.0 Å². The first-order chi connectivity index (χ1) is 12.6. The Morgan fingerprint density at radius 2 is 1.77 bits per heavy atom. The smallest absolute Gasteiger partial charge is 0.251 e. The summed E-state index contributed by atoms with van der Waals surface area (Å²) < 4.78 is 0. The van der Waals surface area contributed by atoms with Crippen molar-refractivity contribution in [2.24, 2.45) is 0 Å². The molecule has 3 aromatic rings. The Morgan fingerprint density at radius 1 is 1.00 bits per heavy atom. The van der Waals surface area contributed by atoms with Crippen molar-refractivity contribution in [1.82, 2.24) is 10.3 Å². The fourth-order valence-electron chi connectivity index (χ4n) is 2.94. The zero-order chi connectivity index (χ0) is 18.4. The van der Waals surface area contributed by atoms with E-state index in [9.17, 15) is 9.59 Å². The van der Waals surface area contributed by atoms with E-state index in [0.29, 0.717) is 24.9 Å². The monoisotopic (exact) mass is 368 g/mol. The number of H-pyrrole nitrogens is 1. The van der Waals surface area contributed by atoms with E-state index in [1.54, 1.807) is 0 Å². The summed E-state index contributed by atoms with van der Waals surface area (Å²) in [6.45, 7) is 0.451. The van der Waals surface area contributed by atoms with E-state index in [1.807, 2.05) is 54.6 Å². The summed E-state index contributed by atoms with van der Waals surface area (Å²) in [4.78, 5) is 26.9. The largest absolute Gasteiger partial charge is 0.356 e. The number of halogens is 1. The third-order valence-electron chi connectivity index (χ3n) is 4.35. The molecule has 0 fully saturated rings. The summed E-state index contributed by atoms with van der Waals surface area (Å²) >= 11 is 6.11. The maximum Gasteiger partial charge on any atom is 0.251 e. The number of aromatic amines is 1. The Bertz CT molecular complexity index is 965. The van der Waals surface area contributed by atoms with E-state index in [-0.39, 0.29) is 11.5 Å². The van der Waals surface area contributed by atoms with Crippen molar-refractivity contribution in [3.63, 3.8) is 0 Å². The molecule has 0 saturated carbocycles. The second-order valence-corrected chi connectivity index (χ2v) is 6.66. The molecule has 5 heteroatoms. The number of carbonyl (C=O) groups is 1. The number of aromatic nitrogens is 1. The number of rotatable bonds is 7. The van der Waals surface area contributed by atoms with Gasteiger partial charge in [-0.15, -0.1) is 0 Å². The number of benzene rings is 2. The highest BCUT2D eigenvalue weighted by Gasteiger charge is 2.06. The normalized spacial score (nSPS) is 10.8. The van der Waals surface area contributed by atoms with Crippen molar-refractivity contribution in [3.8, 4) is 0 Å². The molecular weight excluding hydrogens is 348 g/mol. The first kappa shape index (κ1) is 18.2. The first-order valence-corrected chi connectivity index (χ1v) is 9.12. The molecular formula is C21H21ClN2O2. The van der Waals surface area contributed by atoms with Gasteiger partial charge in [0.2, 0.25) is 5.91 Å². The molecule has 0 aliphatic rings. The molecule has 1 heterocycles. The highest BCUT2D eigenvalue weighted by Crippen LogP contribution is 2.17. The van der Waals surface area contributed by atoms with Crippen molar-refractivity contribution >= 4 is 28.4 Å². The fourth-order valence-corrected chi connectivity index (χ4v) is 3.17. The lowest BCUT2D eigenvalue weighted by molar-refractivity contribution is -0.121. The van der Waals surface area contributed by atoms with Crippen LogP contribution in [0.5, 0.6) is 0 Å². The number of amides is 1. The van der Waals surface area contributed by atoms with E-state index < -0.39 is 0 Å². The molecule has 0 atom stereocenters. The van der Waals surface area contributed by atoms with Crippen LogP contribution < -0.4 is 10.9 Å². The molecule has 4 nitrogen and oxygen atoms in total. The predicted octanol–water partition coefficient (Wildman–Crippen LogP) is 3.86. The Labute approximate surface area is 157 Å². The third kappa shape index (κ3) is 4.73. The van der Waals surface area contributed by atoms with E-state index >= 15 is 0 Å². The minimum absolute atomic E-state index is 0.00530. The average Bonchev–Trinajstić information content (AvgIpc) is 2.64. The van der Waals surface area contributed by atoms with Crippen LogP contribution in [0.3, 0.4) is 0 Å². The highest BCUT2D eigenvalue weighted by atomic mass is 35.5. The van der Waals surface area contributed by atoms with Gasteiger partial charge in [0, 0.05) is 29.1 Å². The average molecular weight is 369 g/mol. The molecule has 3 rings (SSSR count). The molecule has 26 heavy (non-hydrogen) atoms. The maximum atomic E-state index is 12.1. The summed E-state index contributed by atoms with van der Waals surface area (Å²) in [6, 6.07) is 17.2. The van der Waals surface area contributed by atoms with Gasteiger partial charge in [0.05, 0.1) is 0 Å². The zero-order valence-corrected chi connectivity index (χ0v) is 15.2. The molecule has 0 radical (unpaired) electrons. The van der Waals surface area contributed by atoms with Crippen LogP contribution in [0.25, 0.3) is 10.9 Å². The van der Waals surface area contributed by atoms with Crippen LogP contribution in [-0.4, -0.2) is 17.4 Å². The third-order valence-corrected chi connectivity index (χ3v) is 4.72. The standard InChI is InChI=1S/C21H21ClN2O2/c22-18-9-3-1-6-15(18)8-5-11-20(25)23-13-12-17-14-16-7-2-4-10-19(16)24-21(17)26/h1-4,6-7,9-10,14H,5,8,11-13H2,(H,23,25)(H,24,26). The SMILES string of the molecule is O=C(CCCc1ccccc1Cl)NCCc1cc2ccccc2[nH]c1=O. The summed E-state index contributed by atoms with van der Waals surface area (Å²) in [5.74, 6) is -0.00530. The fraction of sp³-hybridized carbons (Fsp3) is 0.238. The minimum atomic E-state index is -0.100. The van der Waals surface area contributed by atoms with Gasteiger partial charge in [-0.2, -0.15) is 0 Å². The molecule has 134 valence electrons. The lowest BCUT2D eigenvalue weighted by Crippen LogP contribution is -2.27. The number of pyridine rings is 1. The molecule has 0 aliphatic carbocycles. The lowest BCUT2D eigenvalue weighted by Gasteiger charge is -2.07. The number of para-hydroxylation sites is 1. The predicted molar refractivity (Wildman–Crippen MR) is 106 cm³/mol. The molecule has 0 bridgehead atoms. The van der Waals surface area contributed by atoms with E-state index in [1.165, 1.54) is 0 Å². The molecule has 0 saturated heterocycles. The van der Waals surface area contributed by atoms with Crippen molar-refractivity contribution in [2.75, 3.05) is 6.54 Å². The first-order valence-electron chi connectivity index (χ1n) is 8.74. The molecule has 0 spiro atoms. The zero-order valence-electron chi connectivity index (χ0n) is 14.4. The maximum absolute atomic E-state index is 12.1. The van der Waals surface area contributed by atoms with Gasteiger partial charge in [0.25, 0.3) is 5.56 Å². The lowest BCUT2D eigenvalue weighted by atomic mass is 10.1. The number of carbonyl (C=O) groups excluding carboxylic acids is 1. The van der Waals surface area contributed by atoms with Gasteiger partial charge in [-0.3, -0.25) is 9.59 Å². The van der Waals surface area contributed by atoms with Crippen LogP contribution in [0, 0.1) is 0 Å². The quantitative estimate of drug-likeness (QED) is 0.665. The number of fused-ring (bicyclic) bond motifs is 1. The van der Waals surface area contributed by atoms with Crippen LogP contribution in [0.2, 0.25) is 5.02 Å². The van der Waals surface area contributed by atoms with Crippen molar-refractivity contribution < 1.29 is 4.79 Å². The summed E-state index contributed by atoms with van der Waals surface area (Å²) in [7, 11) is 0. The Morgan fingerprint density at radius 3 is 2.62 bits per heavy atom. The Balaban J connectivity index is 1.46. The van der Waals surface area contributed by atoms with Gasteiger partial charge < -0.3 is 10.3 Å². The second kappa shape index (κ2) is 8.68. The van der Waals surface area contributed by atoms with Crippen LogP contribution in [-0.2, 0) is 17.6 Å². The van der Waals surface area contributed by atoms with Gasteiger partial charge in [0.1, 0.15) is 0 Å². The molecule has 1 aromatic heterocycles. The van der Waals surface area contributed by atoms with Gasteiger partial charge in [-0.25, -0.2) is 0 Å². The number of aryl methyl sites for hydroxylation is 1. The van der Waals surface area contributed by atoms with Gasteiger partial charge >= 0.3 is 0 Å². The second-order valence-electron chi connectivity index (χ2n) is 6.26. The molecule has 2 aromatic carbocycles. The van der Waals surface area contributed by atoms with Gasteiger partial charge in [0.15, 0.2) is 0 Å². The van der Waals surface area contributed by atoms with Gasteiger partial charge in [-0.05, 0) is 48.4 Å². The van der Waals surface area contributed by atoms with Crippen LogP contribution in [0.4, 0.5) is 0 Å². The van der Waals surface area contributed by atoms with Crippen LogP contribution in [0.15, 0.2) is 59.4 Å². The number of hydrogen-bond acceptors (Lipinski definition) is 2. The number of nitrogens with one attached hydrogen (secondary N) is 2. The highest BCUT2D eigenvalue weighted by molar-refractivity contribution is 6.31. The minimum Gasteiger partial charge on any atom is -0.356 e. The van der Waals surface area contributed by atoms with E-state index in [4.69, 9.17) is 11.6 Å². The van der Waals surface area contributed by atoms with Crippen LogP contribution >= 0.6 is 11.6 Å². The molecule has 0 unspecified atom stereocenters. The molecule has 0 aliphatic heterocycles. The van der Waals surface area contributed by atoms with E-state index in [0.717, 1.165) is 34.3 Å². The molecule has 1 amide bonds. The van der Waals surface area contributed by atoms with Crippen molar-refractivity contribution in [2.45, 2.75) is 25.7 Å².